The Morgan fingerprint density at radius 3 is 2.77 bits per heavy atom. The number of benzene rings is 1. The zero-order chi connectivity index (χ0) is 15.7. The number of anilines is 1. The fourth-order valence-corrected chi connectivity index (χ4v) is 2.03. The maximum Gasteiger partial charge on any atom is 0.277 e. The van der Waals surface area contributed by atoms with Crippen LogP contribution in [0.4, 0.5) is 10.1 Å². The van der Waals surface area contributed by atoms with Crippen LogP contribution in [-0.2, 0) is 0 Å². The number of aromatic amines is 2. The molecular weight excluding hydrogens is 311 g/mol. The van der Waals surface area contributed by atoms with Gasteiger partial charge in [0.1, 0.15) is 12.1 Å². The average molecular weight is 321 g/mol. The van der Waals surface area contributed by atoms with Crippen LogP contribution in [0, 0.1) is 12.7 Å². The molecule has 3 N–H and O–H groups in total. The summed E-state index contributed by atoms with van der Waals surface area (Å²) in [7, 11) is 0. The van der Waals surface area contributed by atoms with Crippen LogP contribution in [0.15, 0.2) is 24.5 Å². The smallest absolute Gasteiger partial charge is 0.277 e. The number of nitrogens with zero attached hydrogens (tertiary/aromatic N) is 3. The molecule has 3 rings (SSSR count). The van der Waals surface area contributed by atoms with Crippen LogP contribution in [0.25, 0.3) is 11.4 Å². The number of H-pyrrole nitrogens is 2. The molecule has 2 aromatic heterocycles. The first-order chi connectivity index (χ1) is 10.6. The molecule has 0 atom stereocenters. The van der Waals surface area contributed by atoms with Crippen molar-refractivity contribution in [2.75, 3.05) is 5.32 Å². The summed E-state index contributed by atoms with van der Waals surface area (Å²) in [5.74, 6) is -0.769. The number of hydrogen-bond acceptors (Lipinski definition) is 4. The lowest BCUT2D eigenvalue weighted by molar-refractivity contribution is 0.102. The largest absolute Gasteiger partial charge is 0.318 e. The molecule has 3 aromatic rings. The van der Waals surface area contributed by atoms with E-state index in [4.69, 9.17) is 11.6 Å². The SMILES string of the molecule is Cc1[nH]nc(C(=O)Nc2ccc(-c3ncn[nH]3)cc2F)c1Cl. The Morgan fingerprint density at radius 2 is 2.18 bits per heavy atom. The predicted octanol–water partition coefficient (Wildman–Crippen LogP) is 2.55. The molecule has 0 radical (unpaired) electrons. The molecule has 9 heteroatoms. The van der Waals surface area contributed by atoms with E-state index in [9.17, 15) is 9.18 Å². The summed E-state index contributed by atoms with van der Waals surface area (Å²) in [5.41, 5.74) is 1.11. The third-order valence-corrected chi connectivity index (χ3v) is 3.46. The van der Waals surface area contributed by atoms with Gasteiger partial charge in [0.25, 0.3) is 5.91 Å². The summed E-state index contributed by atoms with van der Waals surface area (Å²) >= 11 is 5.93. The van der Waals surface area contributed by atoms with E-state index in [0.29, 0.717) is 17.1 Å². The topological polar surface area (TPSA) is 99.3 Å². The third-order valence-electron chi connectivity index (χ3n) is 2.99. The normalized spacial score (nSPS) is 10.7. The summed E-state index contributed by atoms with van der Waals surface area (Å²) in [6.45, 7) is 1.68. The summed E-state index contributed by atoms with van der Waals surface area (Å²) in [4.78, 5) is 16.0. The predicted molar refractivity (Wildman–Crippen MR) is 78.1 cm³/mol. The van der Waals surface area contributed by atoms with Gasteiger partial charge in [-0.1, -0.05) is 11.6 Å². The highest BCUT2D eigenvalue weighted by molar-refractivity contribution is 6.34. The van der Waals surface area contributed by atoms with Crippen molar-refractivity contribution in [3.05, 3.63) is 46.8 Å². The van der Waals surface area contributed by atoms with Crippen molar-refractivity contribution >= 4 is 23.2 Å². The average Bonchev–Trinajstić information content (AvgIpc) is 3.13. The second-order valence-electron chi connectivity index (χ2n) is 4.49. The number of carbonyl (C=O) groups excluding carboxylic acids is 1. The number of rotatable bonds is 3. The Labute approximate surface area is 128 Å². The van der Waals surface area contributed by atoms with Gasteiger partial charge < -0.3 is 5.32 Å². The van der Waals surface area contributed by atoms with Gasteiger partial charge in [-0.25, -0.2) is 9.37 Å². The van der Waals surface area contributed by atoms with E-state index in [2.05, 4.69) is 30.7 Å². The van der Waals surface area contributed by atoms with E-state index < -0.39 is 11.7 Å². The molecule has 1 aromatic carbocycles. The summed E-state index contributed by atoms with van der Waals surface area (Å²) < 4.78 is 14.1. The number of aryl methyl sites for hydroxylation is 1. The van der Waals surface area contributed by atoms with Gasteiger partial charge >= 0.3 is 0 Å². The molecule has 2 heterocycles. The van der Waals surface area contributed by atoms with E-state index in [1.54, 1.807) is 13.0 Å². The van der Waals surface area contributed by atoms with Crippen LogP contribution < -0.4 is 5.32 Å². The molecule has 0 aliphatic carbocycles. The summed E-state index contributed by atoms with van der Waals surface area (Å²) in [6.07, 6.45) is 1.32. The van der Waals surface area contributed by atoms with Gasteiger partial charge in [-0.05, 0) is 25.1 Å². The Balaban J connectivity index is 1.84. The van der Waals surface area contributed by atoms with Crippen molar-refractivity contribution in [3.63, 3.8) is 0 Å². The maximum absolute atomic E-state index is 14.1. The number of nitrogens with one attached hydrogen (secondary N) is 3. The zero-order valence-corrected chi connectivity index (χ0v) is 12.1. The quantitative estimate of drug-likeness (QED) is 0.690. The third kappa shape index (κ3) is 2.56. The van der Waals surface area contributed by atoms with Crippen molar-refractivity contribution in [1.82, 2.24) is 25.4 Å². The first-order valence-electron chi connectivity index (χ1n) is 6.23. The van der Waals surface area contributed by atoms with Gasteiger partial charge in [-0.15, -0.1) is 0 Å². The molecule has 0 aliphatic rings. The van der Waals surface area contributed by atoms with Crippen LogP contribution in [0.3, 0.4) is 0 Å². The molecule has 0 aliphatic heterocycles. The van der Waals surface area contributed by atoms with E-state index in [1.807, 2.05) is 0 Å². The molecule has 0 spiro atoms. The lowest BCUT2D eigenvalue weighted by Gasteiger charge is -2.06. The minimum Gasteiger partial charge on any atom is -0.318 e. The number of amides is 1. The molecular formula is C13H10ClFN6O. The Bertz CT molecular complexity index is 829. The van der Waals surface area contributed by atoms with Gasteiger partial charge in [0.05, 0.1) is 16.4 Å². The molecule has 0 saturated carbocycles. The Morgan fingerprint density at radius 1 is 1.36 bits per heavy atom. The van der Waals surface area contributed by atoms with Crippen LogP contribution in [0.1, 0.15) is 16.2 Å². The van der Waals surface area contributed by atoms with Gasteiger partial charge in [0.2, 0.25) is 0 Å². The van der Waals surface area contributed by atoms with Crippen molar-refractivity contribution in [1.29, 1.82) is 0 Å². The minimum absolute atomic E-state index is 0.0119. The standard InChI is InChI=1S/C13H10ClFN6O/c1-6-10(14)11(20-19-6)13(22)18-9-3-2-7(4-8(9)15)12-16-5-17-21-12/h2-5H,1H3,(H,18,22)(H,19,20)(H,16,17,21). The monoisotopic (exact) mass is 320 g/mol. The van der Waals surface area contributed by atoms with Crippen LogP contribution in [0.5, 0.6) is 0 Å². The number of aromatic nitrogens is 5. The molecule has 0 fully saturated rings. The van der Waals surface area contributed by atoms with Crippen LogP contribution >= 0.6 is 11.6 Å². The maximum atomic E-state index is 14.1. The minimum atomic E-state index is -0.606. The molecule has 112 valence electrons. The van der Waals surface area contributed by atoms with E-state index in [0.717, 1.165) is 0 Å². The van der Waals surface area contributed by atoms with Crippen LogP contribution in [-0.4, -0.2) is 31.3 Å². The lowest BCUT2D eigenvalue weighted by atomic mass is 10.2. The number of halogens is 2. The van der Waals surface area contributed by atoms with Crippen molar-refractivity contribution < 1.29 is 9.18 Å². The van der Waals surface area contributed by atoms with Gasteiger partial charge in [-0.3, -0.25) is 15.0 Å². The number of hydrogen-bond donors (Lipinski definition) is 3. The highest BCUT2D eigenvalue weighted by atomic mass is 35.5. The fourth-order valence-electron chi connectivity index (χ4n) is 1.86. The van der Waals surface area contributed by atoms with Crippen molar-refractivity contribution in [3.8, 4) is 11.4 Å². The number of carbonyl (C=O) groups is 1. The molecule has 22 heavy (non-hydrogen) atoms. The highest BCUT2D eigenvalue weighted by Crippen LogP contribution is 2.23. The first kappa shape index (κ1) is 14.2. The Hall–Kier alpha value is -2.74. The second kappa shape index (κ2) is 5.57. The van der Waals surface area contributed by atoms with E-state index in [-0.39, 0.29) is 16.4 Å². The highest BCUT2D eigenvalue weighted by Gasteiger charge is 2.18. The van der Waals surface area contributed by atoms with E-state index >= 15 is 0 Å². The molecule has 0 unspecified atom stereocenters. The zero-order valence-electron chi connectivity index (χ0n) is 11.3. The van der Waals surface area contributed by atoms with Crippen molar-refractivity contribution in [2.24, 2.45) is 0 Å². The van der Waals surface area contributed by atoms with Crippen molar-refractivity contribution in [2.45, 2.75) is 6.92 Å². The van der Waals surface area contributed by atoms with Gasteiger partial charge in [-0.2, -0.15) is 10.2 Å². The molecule has 0 bridgehead atoms. The molecule has 1 amide bonds. The lowest BCUT2D eigenvalue weighted by Crippen LogP contribution is -2.14. The first-order valence-corrected chi connectivity index (χ1v) is 6.61. The van der Waals surface area contributed by atoms with Crippen LogP contribution in [0.2, 0.25) is 5.02 Å². The molecule has 0 saturated heterocycles. The fraction of sp³-hybridized carbons (Fsp3) is 0.0769. The van der Waals surface area contributed by atoms with Gasteiger partial charge in [0, 0.05) is 5.56 Å². The molecule has 7 nitrogen and oxygen atoms in total. The Kier molecular flexibility index (Phi) is 3.60. The summed E-state index contributed by atoms with van der Waals surface area (Å²) in [6, 6.07) is 4.28. The second-order valence-corrected chi connectivity index (χ2v) is 4.87. The summed E-state index contributed by atoms with van der Waals surface area (Å²) in [5, 5.41) is 15.3. The van der Waals surface area contributed by atoms with E-state index in [1.165, 1.54) is 18.5 Å². The van der Waals surface area contributed by atoms with Gasteiger partial charge in [0.15, 0.2) is 11.5 Å².